The number of halogens is 2. The maximum absolute atomic E-state index is 13.1. The average molecular weight is 269 g/mol. The third kappa shape index (κ3) is 3.02. The van der Waals surface area contributed by atoms with E-state index >= 15 is 0 Å². The minimum atomic E-state index is -0.972. The van der Waals surface area contributed by atoms with E-state index in [0.29, 0.717) is 18.6 Å². The van der Waals surface area contributed by atoms with Gasteiger partial charge >= 0.3 is 0 Å². The summed E-state index contributed by atoms with van der Waals surface area (Å²) in [5.74, 6) is -2.12. The fourth-order valence-electron chi connectivity index (χ4n) is 1.64. The van der Waals surface area contributed by atoms with Gasteiger partial charge in [-0.25, -0.2) is 13.5 Å². The van der Waals surface area contributed by atoms with Gasteiger partial charge < -0.3 is 11.1 Å². The van der Waals surface area contributed by atoms with Gasteiger partial charge in [0.25, 0.3) is 0 Å². The summed E-state index contributed by atoms with van der Waals surface area (Å²) in [6, 6.07) is 1.99. The third-order valence-electron chi connectivity index (χ3n) is 2.57. The summed E-state index contributed by atoms with van der Waals surface area (Å²) in [7, 11) is 0. The van der Waals surface area contributed by atoms with Gasteiger partial charge in [0.05, 0.1) is 12.1 Å². The fraction of sp³-hybridized carbons (Fsp3) is 0.364. The predicted octanol–water partition coefficient (Wildman–Crippen LogP) is 0.174. The summed E-state index contributed by atoms with van der Waals surface area (Å²) in [5, 5.41) is 10.1. The van der Waals surface area contributed by atoms with Crippen LogP contribution in [0.4, 0.5) is 8.78 Å². The highest BCUT2D eigenvalue weighted by atomic mass is 19.2. The quantitative estimate of drug-likeness (QED) is 0.810. The van der Waals surface area contributed by atoms with Gasteiger partial charge in [-0.3, -0.25) is 4.79 Å². The van der Waals surface area contributed by atoms with E-state index in [-0.39, 0.29) is 24.4 Å². The number of hydrogen-bond acceptors (Lipinski definition) is 4. The van der Waals surface area contributed by atoms with E-state index in [4.69, 9.17) is 5.73 Å². The van der Waals surface area contributed by atoms with E-state index in [1.807, 2.05) is 0 Å². The molecule has 0 bridgehead atoms. The number of rotatable bonds is 5. The highest BCUT2D eigenvalue weighted by Gasteiger charge is 2.11. The largest absolute Gasteiger partial charge is 0.355 e. The van der Waals surface area contributed by atoms with Crippen LogP contribution in [-0.4, -0.2) is 34.0 Å². The van der Waals surface area contributed by atoms with E-state index in [9.17, 15) is 13.6 Å². The van der Waals surface area contributed by atoms with Gasteiger partial charge in [-0.1, -0.05) is 5.21 Å². The number of carbonyl (C=O) groups excluding carboxylic acids is 1. The molecule has 19 heavy (non-hydrogen) atoms. The van der Waals surface area contributed by atoms with Crippen molar-refractivity contribution in [1.82, 2.24) is 20.3 Å². The summed E-state index contributed by atoms with van der Waals surface area (Å²) in [6.07, 6.45) is 0.164. The molecule has 0 aliphatic heterocycles. The van der Waals surface area contributed by atoms with Gasteiger partial charge in [-0.2, -0.15) is 0 Å². The average Bonchev–Trinajstić information content (AvgIpc) is 2.77. The van der Waals surface area contributed by atoms with Gasteiger partial charge in [-0.15, -0.1) is 5.10 Å². The van der Waals surface area contributed by atoms with Crippen LogP contribution in [-0.2, 0) is 11.3 Å². The third-order valence-corrected chi connectivity index (χ3v) is 2.57. The van der Waals surface area contributed by atoms with Crippen LogP contribution in [0.25, 0.3) is 11.0 Å². The Bertz CT molecular complexity index is 598. The van der Waals surface area contributed by atoms with E-state index in [2.05, 4.69) is 15.6 Å². The molecule has 2 aromatic rings. The van der Waals surface area contributed by atoms with Crippen molar-refractivity contribution in [2.45, 2.75) is 13.0 Å². The van der Waals surface area contributed by atoms with Crippen LogP contribution in [0.1, 0.15) is 6.42 Å². The number of nitrogens with one attached hydrogen (secondary N) is 1. The molecule has 0 saturated heterocycles. The van der Waals surface area contributed by atoms with Gasteiger partial charge in [0.1, 0.15) is 5.52 Å². The van der Waals surface area contributed by atoms with Crippen molar-refractivity contribution in [2.75, 3.05) is 13.1 Å². The van der Waals surface area contributed by atoms with Crippen LogP contribution in [0.5, 0.6) is 0 Å². The number of nitrogens with zero attached hydrogens (tertiary/aromatic N) is 3. The minimum absolute atomic E-state index is 0.164. The Hall–Kier alpha value is -2.09. The first-order chi connectivity index (χ1) is 9.11. The second-order valence-corrected chi connectivity index (χ2v) is 3.96. The molecule has 6 nitrogen and oxygen atoms in total. The zero-order valence-electron chi connectivity index (χ0n) is 10.1. The second kappa shape index (κ2) is 5.70. The first kappa shape index (κ1) is 13.3. The molecule has 1 heterocycles. The van der Waals surface area contributed by atoms with Crippen LogP contribution >= 0.6 is 0 Å². The van der Waals surface area contributed by atoms with Crippen molar-refractivity contribution in [1.29, 1.82) is 0 Å². The lowest BCUT2D eigenvalue weighted by molar-refractivity contribution is -0.121. The molecule has 3 N–H and O–H groups in total. The lowest BCUT2D eigenvalue weighted by Gasteiger charge is -2.04. The van der Waals surface area contributed by atoms with Crippen LogP contribution < -0.4 is 11.1 Å². The van der Waals surface area contributed by atoms with Crippen LogP contribution in [0.2, 0.25) is 0 Å². The van der Waals surface area contributed by atoms with Gasteiger partial charge in [0.15, 0.2) is 11.6 Å². The molecular formula is C11H13F2N5O. The number of aromatic nitrogens is 3. The van der Waals surface area contributed by atoms with Crippen molar-refractivity contribution in [3.8, 4) is 0 Å². The Balaban J connectivity index is 2.09. The van der Waals surface area contributed by atoms with Crippen molar-refractivity contribution < 1.29 is 13.6 Å². The highest BCUT2D eigenvalue weighted by molar-refractivity contribution is 5.77. The fourth-order valence-corrected chi connectivity index (χ4v) is 1.64. The zero-order chi connectivity index (χ0) is 13.8. The summed E-state index contributed by atoms with van der Waals surface area (Å²) in [4.78, 5) is 11.4. The van der Waals surface area contributed by atoms with Crippen molar-refractivity contribution >= 4 is 16.9 Å². The number of hydrogen-bond donors (Lipinski definition) is 2. The Morgan fingerprint density at radius 2 is 2.11 bits per heavy atom. The van der Waals surface area contributed by atoms with Crippen molar-refractivity contribution in [2.24, 2.45) is 5.73 Å². The lowest BCUT2D eigenvalue weighted by atomic mass is 10.3. The molecular weight excluding hydrogens is 256 g/mol. The second-order valence-electron chi connectivity index (χ2n) is 3.96. The molecule has 1 aromatic heterocycles. The number of benzene rings is 1. The molecule has 2 rings (SSSR count). The maximum atomic E-state index is 13.1. The molecule has 0 saturated carbocycles. The molecule has 0 spiro atoms. The number of carbonyl (C=O) groups is 1. The van der Waals surface area contributed by atoms with Crippen molar-refractivity contribution in [3.05, 3.63) is 23.8 Å². The molecule has 102 valence electrons. The highest BCUT2D eigenvalue weighted by Crippen LogP contribution is 2.16. The maximum Gasteiger partial charge on any atom is 0.221 e. The molecule has 8 heteroatoms. The van der Waals surface area contributed by atoms with Crippen LogP contribution in [0.3, 0.4) is 0 Å². The summed E-state index contributed by atoms with van der Waals surface area (Å²) in [5.41, 5.74) is 5.86. The summed E-state index contributed by atoms with van der Waals surface area (Å²) in [6.45, 7) is 0.997. The topological polar surface area (TPSA) is 85.8 Å². The molecule has 0 unspecified atom stereocenters. The Morgan fingerprint density at radius 3 is 2.84 bits per heavy atom. The minimum Gasteiger partial charge on any atom is -0.355 e. The van der Waals surface area contributed by atoms with Crippen LogP contribution in [0.15, 0.2) is 12.1 Å². The van der Waals surface area contributed by atoms with Gasteiger partial charge in [0, 0.05) is 31.6 Å². The van der Waals surface area contributed by atoms with Gasteiger partial charge in [-0.05, 0) is 0 Å². The molecule has 0 fully saturated rings. The normalized spacial score (nSPS) is 10.9. The molecule has 1 amide bonds. The standard InChI is InChI=1S/C11H13F2N5O/c12-7-5-9-10(6-8(7)13)18(17-16-9)4-1-11(19)15-3-2-14/h5-6H,1-4,14H2,(H,15,19). The smallest absolute Gasteiger partial charge is 0.221 e. The number of aryl methyl sites for hydroxylation is 1. The Kier molecular flexibility index (Phi) is 4.00. The first-order valence-electron chi connectivity index (χ1n) is 5.77. The Morgan fingerprint density at radius 1 is 1.37 bits per heavy atom. The summed E-state index contributed by atoms with van der Waals surface area (Å²) < 4.78 is 27.5. The van der Waals surface area contributed by atoms with E-state index < -0.39 is 11.6 Å². The molecule has 0 aliphatic rings. The number of nitrogens with two attached hydrogens (primary N) is 1. The number of amides is 1. The predicted molar refractivity (Wildman–Crippen MR) is 64.1 cm³/mol. The van der Waals surface area contributed by atoms with Crippen molar-refractivity contribution in [3.63, 3.8) is 0 Å². The van der Waals surface area contributed by atoms with E-state index in [1.54, 1.807) is 0 Å². The van der Waals surface area contributed by atoms with E-state index in [0.717, 1.165) is 12.1 Å². The molecule has 0 aliphatic carbocycles. The molecule has 0 atom stereocenters. The molecule has 1 aromatic carbocycles. The molecule has 0 radical (unpaired) electrons. The van der Waals surface area contributed by atoms with Crippen LogP contribution in [0, 0.1) is 11.6 Å². The lowest BCUT2D eigenvalue weighted by Crippen LogP contribution is -2.29. The van der Waals surface area contributed by atoms with E-state index in [1.165, 1.54) is 4.68 Å². The monoisotopic (exact) mass is 269 g/mol. The summed E-state index contributed by atoms with van der Waals surface area (Å²) >= 11 is 0. The number of fused-ring (bicyclic) bond motifs is 1. The zero-order valence-corrected chi connectivity index (χ0v) is 10.1. The first-order valence-corrected chi connectivity index (χ1v) is 5.77. The van der Waals surface area contributed by atoms with Gasteiger partial charge in [0.2, 0.25) is 5.91 Å². The Labute approximate surface area is 107 Å². The SMILES string of the molecule is NCCNC(=O)CCn1nnc2cc(F)c(F)cc21.